The van der Waals surface area contributed by atoms with Gasteiger partial charge in [-0.2, -0.15) is 11.8 Å². The Balaban J connectivity index is 2.41. The Morgan fingerprint density at radius 2 is 2.27 bits per heavy atom. The van der Waals surface area contributed by atoms with E-state index in [9.17, 15) is 8.78 Å². The molecule has 1 aliphatic rings. The predicted molar refractivity (Wildman–Crippen MR) is 42.1 cm³/mol. The molecule has 1 nitrogen and oxygen atoms in total. The Hall–Kier alpha value is 0.170. The lowest BCUT2D eigenvalue weighted by molar-refractivity contribution is -0.0230. The molecule has 1 saturated heterocycles. The number of rotatable bonds is 3. The van der Waals surface area contributed by atoms with Gasteiger partial charge in [0.05, 0.1) is 5.25 Å². The van der Waals surface area contributed by atoms with E-state index in [1.54, 1.807) is 0 Å². The fraction of sp³-hybridized carbons (Fsp3) is 1.00. The van der Waals surface area contributed by atoms with Crippen LogP contribution in [0, 0.1) is 0 Å². The standard InChI is InChI=1S/C7H12F2OS/c8-7(9,3-4-10)6-2-1-5-11-6/h6,10H,1-5H2. The molecule has 0 radical (unpaired) electrons. The third kappa shape index (κ3) is 2.30. The van der Waals surface area contributed by atoms with Crippen LogP contribution in [0.3, 0.4) is 0 Å². The maximum Gasteiger partial charge on any atom is 0.261 e. The van der Waals surface area contributed by atoms with Crippen LogP contribution in [0.2, 0.25) is 0 Å². The zero-order chi connectivity index (χ0) is 8.32. The molecule has 0 aromatic heterocycles. The molecule has 0 spiro atoms. The molecule has 1 fully saturated rings. The van der Waals surface area contributed by atoms with Gasteiger partial charge in [0.1, 0.15) is 0 Å². The first-order valence-electron chi connectivity index (χ1n) is 3.77. The molecule has 0 saturated carbocycles. The number of halogens is 2. The maximum atomic E-state index is 12.9. The summed E-state index contributed by atoms with van der Waals surface area (Å²) in [4.78, 5) is 0. The minimum Gasteiger partial charge on any atom is -0.396 e. The molecule has 0 amide bonds. The second-order valence-corrected chi connectivity index (χ2v) is 4.05. The fourth-order valence-corrected chi connectivity index (χ4v) is 2.53. The van der Waals surface area contributed by atoms with E-state index < -0.39 is 17.8 Å². The van der Waals surface area contributed by atoms with Crippen LogP contribution in [0.15, 0.2) is 0 Å². The predicted octanol–water partition coefficient (Wildman–Crippen LogP) is 1.90. The lowest BCUT2D eigenvalue weighted by atomic mass is 10.1. The van der Waals surface area contributed by atoms with Crippen LogP contribution in [0.1, 0.15) is 19.3 Å². The Morgan fingerprint density at radius 3 is 2.73 bits per heavy atom. The molecule has 4 heteroatoms. The van der Waals surface area contributed by atoms with Crippen molar-refractivity contribution in [3.63, 3.8) is 0 Å². The Bertz CT molecular complexity index is 124. The zero-order valence-corrected chi connectivity index (χ0v) is 7.04. The Kier molecular flexibility index (Phi) is 3.13. The summed E-state index contributed by atoms with van der Waals surface area (Å²) in [7, 11) is 0. The van der Waals surface area contributed by atoms with Crippen molar-refractivity contribution in [1.82, 2.24) is 0 Å². The van der Waals surface area contributed by atoms with Gasteiger partial charge in [0, 0.05) is 13.0 Å². The monoisotopic (exact) mass is 182 g/mol. The summed E-state index contributed by atoms with van der Waals surface area (Å²) in [6, 6.07) is 0. The summed E-state index contributed by atoms with van der Waals surface area (Å²) in [6.45, 7) is -0.413. The average Bonchev–Trinajstić information content (AvgIpc) is 2.37. The number of hydrogen-bond acceptors (Lipinski definition) is 2. The van der Waals surface area contributed by atoms with E-state index in [0.29, 0.717) is 6.42 Å². The van der Waals surface area contributed by atoms with Crippen LogP contribution in [-0.2, 0) is 0 Å². The molecule has 0 aromatic carbocycles. The van der Waals surface area contributed by atoms with Crippen molar-refractivity contribution in [1.29, 1.82) is 0 Å². The van der Waals surface area contributed by atoms with E-state index in [4.69, 9.17) is 5.11 Å². The molecule has 66 valence electrons. The molecular weight excluding hydrogens is 170 g/mol. The summed E-state index contributed by atoms with van der Waals surface area (Å²) >= 11 is 1.33. The molecule has 1 unspecified atom stereocenters. The van der Waals surface area contributed by atoms with Crippen LogP contribution < -0.4 is 0 Å². The van der Waals surface area contributed by atoms with Crippen molar-refractivity contribution in [2.45, 2.75) is 30.4 Å². The zero-order valence-electron chi connectivity index (χ0n) is 6.22. The van der Waals surface area contributed by atoms with Gasteiger partial charge >= 0.3 is 0 Å². The molecule has 0 aliphatic carbocycles. The molecule has 1 atom stereocenters. The van der Waals surface area contributed by atoms with Crippen LogP contribution in [-0.4, -0.2) is 28.6 Å². The van der Waals surface area contributed by atoms with Crippen molar-refractivity contribution in [2.24, 2.45) is 0 Å². The van der Waals surface area contributed by atoms with Gasteiger partial charge in [-0.25, -0.2) is 8.78 Å². The largest absolute Gasteiger partial charge is 0.396 e. The third-order valence-electron chi connectivity index (χ3n) is 1.85. The van der Waals surface area contributed by atoms with Crippen LogP contribution in [0.5, 0.6) is 0 Å². The van der Waals surface area contributed by atoms with E-state index in [1.165, 1.54) is 11.8 Å². The number of thioether (sulfide) groups is 1. The fourth-order valence-electron chi connectivity index (χ4n) is 1.22. The first-order valence-corrected chi connectivity index (χ1v) is 4.82. The molecule has 1 heterocycles. The quantitative estimate of drug-likeness (QED) is 0.719. The van der Waals surface area contributed by atoms with Gasteiger partial charge in [-0.3, -0.25) is 0 Å². The summed E-state index contributed by atoms with van der Waals surface area (Å²) in [5, 5.41) is 7.83. The average molecular weight is 182 g/mol. The van der Waals surface area contributed by atoms with Gasteiger partial charge in [-0.1, -0.05) is 0 Å². The maximum absolute atomic E-state index is 12.9. The molecule has 0 aromatic rings. The summed E-state index contributed by atoms with van der Waals surface area (Å²) in [5.41, 5.74) is 0. The van der Waals surface area contributed by atoms with Gasteiger partial charge in [0.15, 0.2) is 0 Å². The number of aliphatic hydroxyl groups is 1. The highest BCUT2D eigenvalue weighted by molar-refractivity contribution is 8.00. The second-order valence-electron chi connectivity index (χ2n) is 2.74. The summed E-state index contributed by atoms with van der Waals surface area (Å²) in [6.07, 6.45) is 1.10. The van der Waals surface area contributed by atoms with Crippen LogP contribution >= 0.6 is 11.8 Å². The second kappa shape index (κ2) is 3.72. The van der Waals surface area contributed by atoms with Gasteiger partial charge in [-0.15, -0.1) is 0 Å². The van der Waals surface area contributed by atoms with Gasteiger partial charge in [0.2, 0.25) is 0 Å². The summed E-state index contributed by atoms with van der Waals surface area (Å²) < 4.78 is 25.9. The molecular formula is C7H12F2OS. The highest BCUT2D eigenvalue weighted by Crippen LogP contribution is 2.39. The van der Waals surface area contributed by atoms with E-state index in [-0.39, 0.29) is 6.42 Å². The topological polar surface area (TPSA) is 20.2 Å². The summed E-state index contributed by atoms with van der Waals surface area (Å²) in [5.74, 6) is -1.82. The van der Waals surface area contributed by atoms with Crippen molar-refractivity contribution in [2.75, 3.05) is 12.4 Å². The first kappa shape index (κ1) is 9.26. The highest BCUT2D eigenvalue weighted by Gasteiger charge is 2.40. The van der Waals surface area contributed by atoms with Crippen molar-refractivity contribution >= 4 is 11.8 Å². The smallest absolute Gasteiger partial charge is 0.261 e. The molecule has 0 bridgehead atoms. The molecule has 11 heavy (non-hydrogen) atoms. The Labute approximate surface area is 69.2 Å². The normalized spacial score (nSPS) is 25.9. The molecule has 1 rings (SSSR count). The van der Waals surface area contributed by atoms with E-state index >= 15 is 0 Å². The lowest BCUT2D eigenvalue weighted by Crippen LogP contribution is -2.30. The van der Waals surface area contributed by atoms with Gasteiger partial charge in [0.25, 0.3) is 5.92 Å². The van der Waals surface area contributed by atoms with Crippen LogP contribution in [0.25, 0.3) is 0 Å². The van der Waals surface area contributed by atoms with E-state index in [1.807, 2.05) is 0 Å². The van der Waals surface area contributed by atoms with Crippen molar-refractivity contribution < 1.29 is 13.9 Å². The molecule has 1 N–H and O–H groups in total. The van der Waals surface area contributed by atoms with Crippen LogP contribution in [0.4, 0.5) is 8.78 Å². The van der Waals surface area contributed by atoms with Gasteiger partial charge < -0.3 is 5.11 Å². The number of aliphatic hydroxyl groups excluding tert-OH is 1. The lowest BCUT2D eigenvalue weighted by Gasteiger charge is -2.20. The third-order valence-corrected chi connectivity index (χ3v) is 3.35. The number of alkyl halides is 2. The minimum atomic E-state index is -2.66. The highest BCUT2D eigenvalue weighted by atomic mass is 32.2. The minimum absolute atomic E-state index is 0.384. The van der Waals surface area contributed by atoms with Crippen molar-refractivity contribution in [3.05, 3.63) is 0 Å². The first-order chi connectivity index (χ1) is 5.17. The molecule has 1 aliphatic heterocycles. The van der Waals surface area contributed by atoms with Gasteiger partial charge in [-0.05, 0) is 18.6 Å². The van der Waals surface area contributed by atoms with E-state index in [2.05, 4.69) is 0 Å². The van der Waals surface area contributed by atoms with Crippen molar-refractivity contribution in [3.8, 4) is 0 Å². The SMILES string of the molecule is OCCC(F)(F)C1CCCS1. The Morgan fingerprint density at radius 1 is 1.55 bits per heavy atom. The van der Waals surface area contributed by atoms with E-state index in [0.717, 1.165) is 12.2 Å². The number of hydrogen-bond donors (Lipinski definition) is 1.